The van der Waals surface area contributed by atoms with E-state index in [9.17, 15) is 8.42 Å². The van der Waals surface area contributed by atoms with Crippen molar-refractivity contribution in [3.8, 4) is 0 Å². The van der Waals surface area contributed by atoms with Gasteiger partial charge >= 0.3 is 0 Å². The first kappa shape index (κ1) is 17.0. The standard InChI is InChI=1S/C20H26N2O2S/c1-2-15-14-22-10-9-18(15)11-19(22)13-21-25(23,24)20-8-7-16-5-3-4-6-17(16)12-20/h3-8,12,15,18-19,21H,2,9-11,13-14H2,1H3. The molecule has 1 N–H and O–H groups in total. The van der Waals surface area contributed by atoms with Crippen molar-refractivity contribution >= 4 is 20.8 Å². The van der Waals surface area contributed by atoms with Crippen molar-refractivity contribution in [1.29, 1.82) is 0 Å². The normalized spacial score (nSPS) is 29.2. The number of hydrogen-bond acceptors (Lipinski definition) is 3. The SMILES string of the molecule is CCC1CN2CCC1CC2CNS(=O)(=O)c1ccc2ccccc2c1. The number of nitrogens with zero attached hydrogens (tertiary/aromatic N) is 1. The van der Waals surface area contributed by atoms with Crippen LogP contribution in [0.2, 0.25) is 0 Å². The lowest BCUT2D eigenvalue weighted by atomic mass is 9.74. The molecule has 3 saturated heterocycles. The molecule has 3 heterocycles. The molecule has 3 fully saturated rings. The Morgan fingerprint density at radius 2 is 1.96 bits per heavy atom. The van der Waals surface area contributed by atoms with Crippen LogP contribution in [0.1, 0.15) is 26.2 Å². The van der Waals surface area contributed by atoms with Gasteiger partial charge in [-0.05, 0) is 54.1 Å². The minimum atomic E-state index is -3.46. The molecule has 5 heteroatoms. The zero-order valence-corrected chi connectivity index (χ0v) is 15.5. The summed E-state index contributed by atoms with van der Waals surface area (Å²) in [6, 6.07) is 13.5. The molecular formula is C20H26N2O2S. The summed E-state index contributed by atoms with van der Waals surface area (Å²) >= 11 is 0. The van der Waals surface area contributed by atoms with E-state index in [1.54, 1.807) is 12.1 Å². The smallest absolute Gasteiger partial charge is 0.240 e. The van der Waals surface area contributed by atoms with Gasteiger partial charge in [0.2, 0.25) is 10.0 Å². The van der Waals surface area contributed by atoms with Crippen LogP contribution < -0.4 is 4.72 Å². The molecule has 134 valence electrons. The maximum Gasteiger partial charge on any atom is 0.240 e. The molecule has 25 heavy (non-hydrogen) atoms. The van der Waals surface area contributed by atoms with Gasteiger partial charge in [-0.1, -0.05) is 43.7 Å². The van der Waals surface area contributed by atoms with Crippen molar-refractivity contribution in [3.63, 3.8) is 0 Å². The molecular weight excluding hydrogens is 332 g/mol. The fraction of sp³-hybridized carbons (Fsp3) is 0.500. The monoisotopic (exact) mass is 358 g/mol. The van der Waals surface area contributed by atoms with Crippen molar-refractivity contribution in [3.05, 3.63) is 42.5 Å². The summed E-state index contributed by atoms with van der Waals surface area (Å²) in [5, 5.41) is 2.01. The zero-order chi connectivity index (χ0) is 17.4. The fourth-order valence-electron chi connectivity index (χ4n) is 4.55. The molecule has 4 atom stereocenters. The third-order valence-electron chi connectivity index (χ3n) is 6.08. The summed E-state index contributed by atoms with van der Waals surface area (Å²) in [6.07, 6.45) is 3.63. The molecule has 2 aromatic rings. The molecule has 4 unspecified atom stereocenters. The number of nitrogens with one attached hydrogen (secondary N) is 1. The summed E-state index contributed by atoms with van der Waals surface area (Å²) in [5.41, 5.74) is 0. The van der Waals surface area contributed by atoms with Crippen LogP contribution in [0.5, 0.6) is 0 Å². The molecule has 0 aliphatic carbocycles. The first-order valence-corrected chi connectivity index (χ1v) is 10.8. The average Bonchev–Trinajstić information content (AvgIpc) is 2.66. The van der Waals surface area contributed by atoms with Crippen LogP contribution in [0, 0.1) is 11.8 Å². The molecule has 0 spiro atoms. The van der Waals surface area contributed by atoms with Gasteiger partial charge in [0.25, 0.3) is 0 Å². The molecule has 5 rings (SSSR count). The van der Waals surface area contributed by atoms with Crippen LogP contribution in [-0.4, -0.2) is 39.0 Å². The molecule has 0 saturated carbocycles. The van der Waals surface area contributed by atoms with Crippen LogP contribution >= 0.6 is 0 Å². The Kier molecular flexibility index (Phi) is 4.56. The third kappa shape index (κ3) is 3.33. The lowest BCUT2D eigenvalue weighted by Crippen LogP contribution is -2.56. The van der Waals surface area contributed by atoms with Crippen molar-refractivity contribution in [2.75, 3.05) is 19.6 Å². The molecule has 2 aromatic carbocycles. The second kappa shape index (κ2) is 6.71. The van der Waals surface area contributed by atoms with Crippen LogP contribution in [0.15, 0.2) is 47.4 Å². The zero-order valence-electron chi connectivity index (χ0n) is 14.7. The van der Waals surface area contributed by atoms with E-state index < -0.39 is 10.0 Å². The van der Waals surface area contributed by atoms with Gasteiger partial charge in [0.1, 0.15) is 0 Å². The van der Waals surface area contributed by atoms with Gasteiger partial charge < -0.3 is 0 Å². The first-order valence-electron chi connectivity index (χ1n) is 9.29. The van der Waals surface area contributed by atoms with E-state index in [1.165, 1.54) is 12.8 Å². The van der Waals surface area contributed by atoms with Crippen LogP contribution in [0.3, 0.4) is 0 Å². The molecule has 4 nitrogen and oxygen atoms in total. The highest BCUT2D eigenvalue weighted by Crippen LogP contribution is 2.37. The summed E-state index contributed by atoms with van der Waals surface area (Å²) < 4.78 is 28.3. The van der Waals surface area contributed by atoms with Crippen molar-refractivity contribution in [1.82, 2.24) is 9.62 Å². The van der Waals surface area contributed by atoms with Crippen LogP contribution in [-0.2, 0) is 10.0 Å². The Labute approximate surface area is 150 Å². The van der Waals surface area contributed by atoms with Crippen molar-refractivity contribution < 1.29 is 8.42 Å². The fourth-order valence-corrected chi connectivity index (χ4v) is 5.66. The Balaban J connectivity index is 1.46. The van der Waals surface area contributed by atoms with Crippen molar-refractivity contribution in [2.24, 2.45) is 11.8 Å². The lowest BCUT2D eigenvalue weighted by molar-refractivity contribution is 0.00236. The van der Waals surface area contributed by atoms with E-state index in [0.29, 0.717) is 17.5 Å². The van der Waals surface area contributed by atoms with Crippen LogP contribution in [0.25, 0.3) is 10.8 Å². The van der Waals surface area contributed by atoms with Crippen LogP contribution in [0.4, 0.5) is 0 Å². The molecule has 3 aliphatic rings. The van der Waals surface area contributed by atoms with Gasteiger partial charge in [0.15, 0.2) is 0 Å². The predicted octanol–water partition coefficient (Wildman–Crippen LogP) is 3.24. The second-order valence-electron chi connectivity index (χ2n) is 7.46. The molecule has 0 amide bonds. The van der Waals surface area contributed by atoms with Gasteiger partial charge in [0.05, 0.1) is 4.90 Å². The lowest BCUT2D eigenvalue weighted by Gasteiger charge is -2.49. The highest BCUT2D eigenvalue weighted by molar-refractivity contribution is 7.89. The van der Waals surface area contributed by atoms with E-state index >= 15 is 0 Å². The van der Waals surface area contributed by atoms with Gasteiger partial charge in [-0.2, -0.15) is 0 Å². The predicted molar refractivity (Wildman–Crippen MR) is 101 cm³/mol. The Bertz CT molecular complexity index is 865. The summed E-state index contributed by atoms with van der Waals surface area (Å²) in [4.78, 5) is 2.84. The van der Waals surface area contributed by atoms with Crippen molar-refractivity contribution in [2.45, 2.75) is 37.1 Å². The minimum Gasteiger partial charge on any atom is -0.299 e. The van der Waals surface area contributed by atoms with Gasteiger partial charge in [0, 0.05) is 19.1 Å². The number of fused-ring (bicyclic) bond motifs is 4. The maximum atomic E-state index is 12.7. The Morgan fingerprint density at radius 3 is 2.68 bits per heavy atom. The highest BCUT2D eigenvalue weighted by atomic mass is 32.2. The molecule has 3 aliphatic heterocycles. The largest absolute Gasteiger partial charge is 0.299 e. The maximum absolute atomic E-state index is 12.7. The van der Waals surface area contributed by atoms with E-state index in [0.717, 1.165) is 42.1 Å². The second-order valence-corrected chi connectivity index (χ2v) is 9.23. The van der Waals surface area contributed by atoms with Gasteiger partial charge in [-0.3, -0.25) is 4.90 Å². The first-order chi connectivity index (χ1) is 12.1. The van der Waals surface area contributed by atoms with Gasteiger partial charge in [-0.15, -0.1) is 0 Å². The summed E-state index contributed by atoms with van der Waals surface area (Å²) in [5.74, 6) is 1.56. The number of sulfonamides is 1. The molecule has 0 aromatic heterocycles. The van der Waals surface area contributed by atoms with E-state index in [4.69, 9.17) is 0 Å². The number of benzene rings is 2. The highest BCUT2D eigenvalue weighted by Gasteiger charge is 2.39. The quantitative estimate of drug-likeness (QED) is 0.893. The Morgan fingerprint density at radius 1 is 1.16 bits per heavy atom. The minimum absolute atomic E-state index is 0.344. The number of hydrogen-bond donors (Lipinski definition) is 1. The van der Waals surface area contributed by atoms with E-state index in [-0.39, 0.29) is 0 Å². The topological polar surface area (TPSA) is 49.4 Å². The van der Waals surface area contributed by atoms with Gasteiger partial charge in [-0.25, -0.2) is 13.1 Å². The number of piperidine rings is 3. The third-order valence-corrected chi connectivity index (χ3v) is 7.50. The summed E-state index contributed by atoms with van der Waals surface area (Å²) in [6.45, 7) is 5.03. The summed E-state index contributed by atoms with van der Waals surface area (Å²) in [7, 11) is -3.46. The molecule has 2 bridgehead atoms. The van der Waals surface area contributed by atoms with E-state index in [1.807, 2.05) is 30.3 Å². The number of rotatable bonds is 5. The molecule has 0 radical (unpaired) electrons. The van der Waals surface area contributed by atoms with E-state index in [2.05, 4.69) is 16.5 Å². The Hall–Kier alpha value is -1.43. The average molecular weight is 359 g/mol.